The van der Waals surface area contributed by atoms with Gasteiger partial charge in [-0.1, -0.05) is 57.2 Å². The molecule has 0 saturated heterocycles. The van der Waals surface area contributed by atoms with Gasteiger partial charge in [-0.3, -0.25) is 4.79 Å². The maximum atomic E-state index is 13.8. The summed E-state index contributed by atoms with van der Waals surface area (Å²) in [6, 6.07) is 19.5. The Hall–Kier alpha value is -3.74. The summed E-state index contributed by atoms with van der Waals surface area (Å²) < 4.78 is 7.87. The minimum atomic E-state index is -0.305. The molecule has 3 aromatic rings. The van der Waals surface area contributed by atoms with E-state index in [0.29, 0.717) is 37.1 Å². The van der Waals surface area contributed by atoms with E-state index in [4.69, 9.17) is 4.74 Å². The number of carbonyl (C=O) groups excluding carboxylic acids is 2. The first-order chi connectivity index (χ1) is 17.9. The Morgan fingerprint density at radius 3 is 2.49 bits per heavy atom. The lowest BCUT2D eigenvalue weighted by Crippen LogP contribution is -2.48. The summed E-state index contributed by atoms with van der Waals surface area (Å²) >= 11 is 0. The first-order valence-electron chi connectivity index (χ1n) is 13.2. The van der Waals surface area contributed by atoms with Crippen molar-refractivity contribution in [3.8, 4) is 5.75 Å². The fourth-order valence-electron chi connectivity index (χ4n) is 4.89. The number of anilines is 1. The number of hydrogen-bond acceptors (Lipinski definition) is 3. The molecule has 4 rings (SSSR count). The van der Waals surface area contributed by atoms with Gasteiger partial charge in [0.25, 0.3) is 0 Å². The van der Waals surface area contributed by atoms with E-state index in [9.17, 15) is 9.59 Å². The first kappa shape index (κ1) is 26.3. The van der Waals surface area contributed by atoms with Crippen molar-refractivity contribution in [2.45, 2.75) is 52.6 Å². The molecule has 1 N–H and O–H groups in total. The minimum Gasteiger partial charge on any atom is -0.492 e. The highest BCUT2D eigenvalue weighted by molar-refractivity contribution is 5.93. The summed E-state index contributed by atoms with van der Waals surface area (Å²) in [5.41, 5.74) is 4.04. The van der Waals surface area contributed by atoms with Crippen molar-refractivity contribution in [3.63, 3.8) is 0 Å². The van der Waals surface area contributed by atoms with Gasteiger partial charge in [0.15, 0.2) is 0 Å². The monoisotopic (exact) mass is 502 g/mol. The zero-order valence-electron chi connectivity index (χ0n) is 22.3. The third-order valence-corrected chi connectivity index (χ3v) is 6.81. The number of fused-ring (bicyclic) bond motifs is 1. The molecule has 1 aliphatic rings. The predicted octanol–water partition coefficient (Wildman–Crippen LogP) is 5.89. The fraction of sp³-hybridized carbons (Fsp3) is 0.400. The van der Waals surface area contributed by atoms with E-state index in [-0.39, 0.29) is 24.5 Å². The topological polar surface area (TPSA) is 66.8 Å². The number of amides is 3. The van der Waals surface area contributed by atoms with Gasteiger partial charge in [0.1, 0.15) is 12.3 Å². The molecule has 0 bridgehead atoms. The molecule has 1 unspecified atom stereocenters. The van der Waals surface area contributed by atoms with Crippen LogP contribution in [0.25, 0.3) is 0 Å². The Labute approximate surface area is 220 Å². The quantitative estimate of drug-likeness (QED) is 0.397. The molecule has 37 heavy (non-hydrogen) atoms. The van der Waals surface area contributed by atoms with Crippen LogP contribution >= 0.6 is 0 Å². The van der Waals surface area contributed by atoms with Crippen molar-refractivity contribution in [3.05, 3.63) is 83.7 Å². The van der Waals surface area contributed by atoms with Crippen molar-refractivity contribution < 1.29 is 14.3 Å². The van der Waals surface area contributed by atoms with Crippen molar-refractivity contribution in [1.29, 1.82) is 0 Å². The van der Waals surface area contributed by atoms with E-state index in [1.54, 1.807) is 4.90 Å². The van der Waals surface area contributed by atoms with E-state index < -0.39 is 0 Å². The van der Waals surface area contributed by atoms with Crippen LogP contribution in [-0.4, -0.2) is 52.5 Å². The predicted molar refractivity (Wildman–Crippen MR) is 147 cm³/mol. The Bertz CT molecular complexity index is 1200. The van der Waals surface area contributed by atoms with E-state index in [1.807, 2.05) is 49.1 Å². The van der Waals surface area contributed by atoms with Crippen molar-refractivity contribution in [1.82, 2.24) is 14.4 Å². The van der Waals surface area contributed by atoms with E-state index in [0.717, 1.165) is 24.2 Å². The normalized spacial score (nSPS) is 14.8. The van der Waals surface area contributed by atoms with Gasteiger partial charge in [0.05, 0.1) is 18.3 Å². The molecule has 196 valence electrons. The Morgan fingerprint density at radius 2 is 1.78 bits per heavy atom. The second-order valence-corrected chi connectivity index (χ2v) is 9.72. The smallest absolute Gasteiger partial charge is 0.322 e. The molecule has 7 nitrogen and oxygen atoms in total. The summed E-state index contributed by atoms with van der Waals surface area (Å²) in [4.78, 5) is 30.6. The number of para-hydroxylation sites is 2. The second-order valence-electron chi connectivity index (χ2n) is 9.72. The number of urea groups is 1. The highest BCUT2D eigenvalue weighted by Crippen LogP contribution is 2.33. The van der Waals surface area contributed by atoms with Crippen molar-refractivity contribution >= 4 is 17.6 Å². The lowest BCUT2D eigenvalue weighted by atomic mass is 9.95. The molecule has 0 spiro atoms. The molecule has 1 aliphatic heterocycles. The van der Waals surface area contributed by atoms with Crippen LogP contribution in [-0.2, 0) is 11.3 Å². The fourth-order valence-corrected chi connectivity index (χ4v) is 4.89. The molecule has 0 fully saturated rings. The van der Waals surface area contributed by atoms with Gasteiger partial charge in [0, 0.05) is 31.5 Å². The van der Waals surface area contributed by atoms with E-state index in [2.05, 4.69) is 60.3 Å². The van der Waals surface area contributed by atoms with E-state index >= 15 is 0 Å². The number of aromatic nitrogens is 1. The number of carbonyl (C=O) groups is 2. The average Bonchev–Trinajstić information content (AvgIpc) is 3.38. The minimum absolute atomic E-state index is 0.0117. The molecule has 3 amide bonds. The number of rotatable bonds is 9. The maximum Gasteiger partial charge on any atom is 0.322 e. The van der Waals surface area contributed by atoms with Crippen molar-refractivity contribution in [2.75, 3.05) is 31.6 Å². The number of nitrogens with zero attached hydrogens (tertiary/aromatic N) is 3. The lowest BCUT2D eigenvalue weighted by molar-refractivity contribution is -0.134. The molecule has 0 aliphatic carbocycles. The van der Waals surface area contributed by atoms with E-state index in [1.165, 1.54) is 5.56 Å². The Balaban J connectivity index is 1.55. The number of hydrogen-bond donors (Lipinski definition) is 1. The van der Waals surface area contributed by atoms with Gasteiger partial charge in [-0.2, -0.15) is 0 Å². The highest BCUT2D eigenvalue weighted by Gasteiger charge is 2.33. The Morgan fingerprint density at radius 1 is 1.03 bits per heavy atom. The summed E-state index contributed by atoms with van der Waals surface area (Å²) in [6.07, 6.45) is 2.82. The van der Waals surface area contributed by atoms with Gasteiger partial charge >= 0.3 is 6.03 Å². The van der Waals surface area contributed by atoms with Crippen LogP contribution in [0.15, 0.2) is 66.9 Å². The number of nitrogens with one attached hydrogen (secondary N) is 1. The van der Waals surface area contributed by atoms with Crippen LogP contribution in [0, 0.1) is 0 Å². The third-order valence-electron chi connectivity index (χ3n) is 6.81. The zero-order chi connectivity index (χ0) is 26.4. The number of ether oxygens (including phenoxy) is 1. The van der Waals surface area contributed by atoms with Crippen LogP contribution in [0.3, 0.4) is 0 Å². The summed E-state index contributed by atoms with van der Waals surface area (Å²) in [6.45, 7) is 10.6. The van der Waals surface area contributed by atoms with Crippen LogP contribution in [0.1, 0.15) is 62.9 Å². The van der Waals surface area contributed by atoms with Gasteiger partial charge in [0.2, 0.25) is 5.91 Å². The van der Waals surface area contributed by atoms with Crippen molar-refractivity contribution in [2.24, 2.45) is 0 Å². The summed E-state index contributed by atoms with van der Waals surface area (Å²) in [5, 5.41) is 2.95. The standard InChI is InChI=1S/C30H38N4O3/c1-5-17-33(30(36)31-25-10-7-8-12-27(25)37-6-2)21-28(35)34-20-19-32-18-9-11-26(32)29(34)24-15-13-23(14-16-24)22(3)4/h7-16,18,22,29H,5-6,17,19-21H2,1-4H3,(H,31,36). The largest absolute Gasteiger partial charge is 0.492 e. The third kappa shape index (κ3) is 5.98. The second kappa shape index (κ2) is 12.0. The van der Waals surface area contributed by atoms with Crippen LogP contribution in [0.2, 0.25) is 0 Å². The molecule has 2 heterocycles. The molecule has 2 aromatic carbocycles. The van der Waals surface area contributed by atoms with Crippen LogP contribution in [0.5, 0.6) is 5.75 Å². The zero-order valence-corrected chi connectivity index (χ0v) is 22.3. The van der Waals surface area contributed by atoms with Crippen LogP contribution < -0.4 is 10.1 Å². The SMILES string of the molecule is CCCN(CC(=O)N1CCn2cccc2C1c1ccc(C(C)C)cc1)C(=O)Nc1ccccc1OCC. The molecule has 1 aromatic heterocycles. The first-order valence-corrected chi connectivity index (χ1v) is 13.2. The molecular formula is C30H38N4O3. The van der Waals surface area contributed by atoms with Gasteiger partial charge in [-0.25, -0.2) is 4.79 Å². The molecule has 1 atom stereocenters. The highest BCUT2D eigenvalue weighted by atomic mass is 16.5. The summed E-state index contributed by atoms with van der Waals surface area (Å²) in [7, 11) is 0. The maximum absolute atomic E-state index is 13.8. The molecule has 0 saturated carbocycles. The van der Waals surface area contributed by atoms with Gasteiger partial charge in [-0.15, -0.1) is 0 Å². The Kier molecular flexibility index (Phi) is 8.54. The summed E-state index contributed by atoms with van der Waals surface area (Å²) in [5.74, 6) is 0.992. The number of benzene rings is 2. The average molecular weight is 503 g/mol. The van der Waals surface area contributed by atoms with Crippen LogP contribution in [0.4, 0.5) is 10.5 Å². The molecular weight excluding hydrogens is 464 g/mol. The lowest BCUT2D eigenvalue weighted by Gasteiger charge is -2.38. The molecule has 7 heteroatoms. The van der Waals surface area contributed by atoms with Gasteiger partial charge < -0.3 is 24.4 Å². The molecule has 0 radical (unpaired) electrons. The van der Waals surface area contributed by atoms with Gasteiger partial charge in [-0.05, 0) is 54.7 Å².